The minimum absolute atomic E-state index is 0.0390. The van der Waals surface area contributed by atoms with Crippen molar-refractivity contribution in [2.24, 2.45) is 0 Å². The molecule has 3 aromatic carbocycles. The van der Waals surface area contributed by atoms with Gasteiger partial charge in [0.05, 0.1) is 27.1 Å². The predicted octanol–water partition coefficient (Wildman–Crippen LogP) is 5.90. The predicted molar refractivity (Wildman–Crippen MR) is 115 cm³/mol. The van der Waals surface area contributed by atoms with E-state index < -0.39 is 23.5 Å². The topological polar surface area (TPSA) is 72.2 Å². The number of carboxylic acids is 1. The lowest BCUT2D eigenvalue weighted by molar-refractivity contribution is 0.0696. The molecule has 1 saturated carbocycles. The fourth-order valence-corrected chi connectivity index (χ4v) is 4.18. The molecule has 1 aliphatic carbocycles. The smallest absolute Gasteiger partial charge is 0.335 e. The Labute approximate surface area is 185 Å². The lowest BCUT2D eigenvalue weighted by atomic mass is 10.0. The molecule has 32 heavy (non-hydrogen) atoms. The second-order valence-electron chi connectivity index (χ2n) is 7.68. The van der Waals surface area contributed by atoms with Crippen molar-refractivity contribution in [1.29, 1.82) is 0 Å². The molecule has 1 heterocycles. The number of carbonyl (C=O) groups excluding carboxylic acids is 1. The summed E-state index contributed by atoms with van der Waals surface area (Å²) in [6, 6.07) is 12.6. The van der Waals surface area contributed by atoms with Gasteiger partial charge in [-0.3, -0.25) is 4.79 Å². The zero-order valence-electron chi connectivity index (χ0n) is 16.5. The average molecular weight is 453 g/mol. The summed E-state index contributed by atoms with van der Waals surface area (Å²) in [7, 11) is 0. The van der Waals surface area contributed by atoms with Gasteiger partial charge in [-0.1, -0.05) is 29.8 Å². The maximum absolute atomic E-state index is 14.8. The Morgan fingerprint density at radius 1 is 1.03 bits per heavy atom. The molecule has 1 aromatic heterocycles. The highest BCUT2D eigenvalue weighted by Crippen LogP contribution is 2.43. The van der Waals surface area contributed by atoms with Gasteiger partial charge >= 0.3 is 5.97 Å². The van der Waals surface area contributed by atoms with Crippen molar-refractivity contribution in [3.8, 4) is 11.3 Å². The summed E-state index contributed by atoms with van der Waals surface area (Å²) in [6.07, 6.45) is 1.89. The van der Waals surface area contributed by atoms with Crippen LogP contribution in [0.4, 0.5) is 8.78 Å². The molecule has 4 aromatic rings. The van der Waals surface area contributed by atoms with Crippen LogP contribution in [0, 0.1) is 11.6 Å². The van der Waals surface area contributed by atoms with Crippen molar-refractivity contribution in [3.63, 3.8) is 0 Å². The maximum atomic E-state index is 14.8. The largest absolute Gasteiger partial charge is 0.478 e. The number of carboxylic acid groups (broad SMARTS) is 1. The molecule has 0 bridgehead atoms. The van der Waals surface area contributed by atoms with E-state index in [2.05, 4.69) is 5.10 Å². The Balaban J connectivity index is 1.73. The molecule has 0 radical (unpaired) electrons. The summed E-state index contributed by atoms with van der Waals surface area (Å²) >= 11 is 6.37. The molecule has 0 unspecified atom stereocenters. The van der Waals surface area contributed by atoms with Crippen molar-refractivity contribution >= 4 is 34.4 Å². The van der Waals surface area contributed by atoms with Crippen LogP contribution in [-0.2, 0) is 0 Å². The van der Waals surface area contributed by atoms with Crippen LogP contribution in [0.5, 0.6) is 0 Å². The van der Waals surface area contributed by atoms with Gasteiger partial charge in [-0.25, -0.2) is 13.6 Å². The van der Waals surface area contributed by atoms with Crippen LogP contribution in [0.15, 0.2) is 54.6 Å². The Morgan fingerprint density at radius 3 is 2.47 bits per heavy atom. The van der Waals surface area contributed by atoms with Gasteiger partial charge in [0.2, 0.25) is 0 Å². The molecule has 0 amide bonds. The highest BCUT2D eigenvalue weighted by Gasteiger charge is 2.31. The molecule has 0 spiro atoms. The lowest BCUT2D eigenvalue weighted by Gasteiger charge is -2.10. The first-order valence-corrected chi connectivity index (χ1v) is 10.3. The molecule has 1 aliphatic rings. The molecule has 1 N–H and O–H groups in total. The van der Waals surface area contributed by atoms with Gasteiger partial charge in [-0.15, -0.1) is 0 Å². The first kappa shape index (κ1) is 20.3. The number of carbonyl (C=O) groups is 2. The molecule has 0 saturated heterocycles. The van der Waals surface area contributed by atoms with E-state index in [1.165, 1.54) is 30.3 Å². The van der Waals surface area contributed by atoms with Crippen molar-refractivity contribution in [1.82, 2.24) is 9.78 Å². The lowest BCUT2D eigenvalue weighted by Crippen LogP contribution is -2.16. The zero-order chi connectivity index (χ0) is 22.6. The van der Waals surface area contributed by atoms with Crippen LogP contribution in [0.2, 0.25) is 5.02 Å². The minimum atomic E-state index is -1.29. The monoisotopic (exact) mass is 452 g/mol. The molecular weight excluding hydrogens is 438 g/mol. The summed E-state index contributed by atoms with van der Waals surface area (Å²) in [5.41, 5.74) is 0.795. The molecule has 0 atom stereocenters. The van der Waals surface area contributed by atoms with Gasteiger partial charge in [0.15, 0.2) is 0 Å². The Hall–Kier alpha value is -3.58. The van der Waals surface area contributed by atoms with Crippen LogP contribution in [0.1, 0.15) is 45.0 Å². The first-order valence-electron chi connectivity index (χ1n) is 9.90. The van der Waals surface area contributed by atoms with E-state index in [1.54, 1.807) is 12.1 Å². The second-order valence-corrected chi connectivity index (χ2v) is 8.08. The van der Waals surface area contributed by atoms with Crippen LogP contribution < -0.4 is 0 Å². The highest BCUT2D eigenvalue weighted by atomic mass is 35.5. The third kappa shape index (κ3) is 3.26. The molecule has 1 fully saturated rings. The fraction of sp³-hybridized carbons (Fsp3) is 0.125. The number of hydrogen-bond donors (Lipinski definition) is 1. The third-order valence-corrected chi connectivity index (χ3v) is 5.91. The third-order valence-electron chi connectivity index (χ3n) is 5.60. The molecule has 0 aliphatic heterocycles. The molecule has 5 rings (SSSR count). The highest BCUT2D eigenvalue weighted by molar-refractivity contribution is 6.34. The van der Waals surface area contributed by atoms with E-state index >= 15 is 0 Å². The Morgan fingerprint density at radius 2 is 1.78 bits per heavy atom. The number of aromatic carboxylic acids is 1. The normalized spacial score (nSPS) is 13.5. The molecule has 160 valence electrons. The van der Waals surface area contributed by atoms with E-state index in [0.29, 0.717) is 5.56 Å². The number of aromatic nitrogens is 2. The summed E-state index contributed by atoms with van der Waals surface area (Å²) < 4.78 is 30.7. The number of hydrogen-bond acceptors (Lipinski definition) is 3. The van der Waals surface area contributed by atoms with Crippen molar-refractivity contribution < 1.29 is 23.5 Å². The number of fused-ring (bicyclic) bond motifs is 1. The van der Waals surface area contributed by atoms with Gasteiger partial charge in [0.1, 0.15) is 17.3 Å². The quantitative estimate of drug-likeness (QED) is 0.418. The Kier molecular flexibility index (Phi) is 4.78. The summed E-state index contributed by atoms with van der Waals surface area (Å²) in [6.45, 7) is 0. The molecule has 8 heteroatoms. The van der Waals surface area contributed by atoms with Gasteiger partial charge in [0.25, 0.3) is 5.91 Å². The number of nitrogens with zero attached hydrogens (tertiary/aromatic N) is 2. The zero-order valence-corrected chi connectivity index (χ0v) is 17.2. The standard InChI is InChI=1S/C24H15ClF2N2O3/c25-16-4-1-3-14(12-7-8-12)20(16)23(30)29-19-6-2-5-17(26)21(19)22(28-29)15-10-9-13(24(31)32)11-18(15)27/h1-6,9-12H,7-8H2,(H,31,32). The Bertz CT molecular complexity index is 1430. The number of rotatable bonds is 4. The van der Waals surface area contributed by atoms with E-state index in [4.69, 9.17) is 16.7 Å². The van der Waals surface area contributed by atoms with Crippen molar-refractivity contribution in [2.75, 3.05) is 0 Å². The van der Waals surface area contributed by atoms with E-state index in [1.807, 2.05) is 6.07 Å². The van der Waals surface area contributed by atoms with Crippen LogP contribution in [0.25, 0.3) is 22.2 Å². The van der Waals surface area contributed by atoms with Crippen molar-refractivity contribution in [2.45, 2.75) is 18.8 Å². The van der Waals surface area contributed by atoms with E-state index in [9.17, 15) is 18.4 Å². The summed E-state index contributed by atoms with van der Waals surface area (Å²) in [5, 5.41) is 13.6. The van der Waals surface area contributed by atoms with Crippen LogP contribution >= 0.6 is 11.6 Å². The first-order chi connectivity index (χ1) is 15.4. The van der Waals surface area contributed by atoms with Gasteiger partial charge in [-0.2, -0.15) is 9.78 Å². The van der Waals surface area contributed by atoms with Gasteiger partial charge in [0, 0.05) is 5.56 Å². The second kappa shape index (κ2) is 7.53. The number of benzene rings is 3. The van der Waals surface area contributed by atoms with Gasteiger partial charge in [-0.05, 0) is 60.7 Å². The van der Waals surface area contributed by atoms with Crippen LogP contribution in [-0.4, -0.2) is 26.8 Å². The van der Waals surface area contributed by atoms with Gasteiger partial charge < -0.3 is 5.11 Å². The SMILES string of the molecule is O=C(O)c1ccc(-c2nn(C(=O)c3c(Cl)cccc3C3CC3)c3cccc(F)c23)c(F)c1. The summed E-state index contributed by atoms with van der Waals surface area (Å²) in [5.74, 6) is -3.17. The van der Waals surface area contributed by atoms with E-state index in [-0.39, 0.29) is 38.7 Å². The maximum Gasteiger partial charge on any atom is 0.335 e. The summed E-state index contributed by atoms with van der Waals surface area (Å²) in [4.78, 5) is 24.7. The average Bonchev–Trinajstić information content (AvgIpc) is 3.54. The van der Waals surface area contributed by atoms with Crippen molar-refractivity contribution in [3.05, 3.63) is 87.9 Å². The minimum Gasteiger partial charge on any atom is -0.478 e. The fourth-order valence-electron chi connectivity index (χ4n) is 3.92. The number of halogens is 3. The molecule has 5 nitrogen and oxygen atoms in total. The van der Waals surface area contributed by atoms with E-state index in [0.717, 1.165) is 29.2 Å². The molecular formula is C24H15ClF2N2O3. The van der Waals surface area contributed by atoms with Crippen LogP contribution in [0.3, 0.4) is 0 Å².